The van der Waals surface area contributed by atoms with E-state index in [1.165, 1.54) is 0 Å². The molecule has 1 N–H and O–H groups in total. The highest BCUT2D eigenvalue weighted by Gasteiger charge is 2.10. The summed E-state index contributed by atoms with van der Waals surface area (Å²) >= 11 is 6.21. The average molecular weight is 314 g/mol. The van der Waals surface area contributed by atoms with E-state index >= 15 is 0 Å². The number of rotatable bonds is 3. The van der Waals surface area contributed by atoms with Crippen molar-refractivity contribution in [1.82, 2.24) is 4.57 Å². The number of aromatic nitrogens is 1. The lowest BCUT2D eigenvalue weighted by Crippen LogP contribution is -2.24. The van der Waals surface area contributed by atoms with E-state index in [4.69, 9.17) is 11.6 Å². The quantitative estimate of drug-likeness (QED) is 0.804. The zero-order valence-corrected chi connectivity index (χ0v) is 13.0. The molecule has 4 heteroatoms. The van der Waals surface area contributed by atoms with Gasteiger partial charge in [-0.15, -0.1) is 0 Å². The first-order chi connectivity index (χ1) is 10.6. The fraction of sp³-hybridized carbons (Fsp3) is 0.167. The lowest BCUT2D eigenvalue weighted by atomic mass is 10.1. The topological polar surface area (TPSA) is 42.2 Å². The number of aryl methyl sites for hydroxylation is 1. The van der Waals surface area contributed by atoms with Crippen molar-refractivity contribution in [3.8, 4) is 0 Å². The van der Waals surface area contributed by atoms with Gasteiger partial charge in [0, 0.05) is 10.6 Å². The Morgan fingerprint density at radius 3 is 2.59 bits per heavy atom. The normalized spacial score (nSPS) is 11.0. The van der Waals surface area contributed by atoms with Crippen LogP contribution in [0.4, 0.5) is 0 Å². The Bertz CT molecular complexity index is 899. The Balaban J connectivity index is 2.25. The number of hydrogen-bond acceptors (Lipinski definition) is 2. The van der Waals surface area contributed by atoms with Gasteiger partial charge in [0.05, 0.1) is 18.7 Å². The second-order valence-electron chi connectivity index (χ2n) is 5.37. The van der Waals surface area contributed by atoms with Gasteiger partial charge < -0.3 is 9.67 Å². The van der Waals surface area contributed by atoms with Crippen LogP contribution in [0.3, 0.4) is 0 Å². The van der Waals surface area contributed by atoms with Gasteiger partial charge in [0.15, 0.2) is 0 Å². The predicted molar refractivity (Wildman–Crippen MR) is 89.4 cm³/mol. The number of fused-ring (bicyclic) bond motifs is 1. The molecule has 22 heavy (non-hydrogen) atoms. The number of aliphatic hydroxyl groups excluding tert-OH is 1. The molecule has 0 aliphatic rings. The number of pyridine rings is 1. The molecule has 3 rings (SSSR count). The Kier molecular flexibility index (Phi) is 4.01. The predicted octanol–water partition coefficient (Wildman–Crippen LogP) is 3.50. The minimum atomic E-state index is -0.273. The standard InChI is InChI=1S/C18H16ClNO2/c1-12-6-7-17-14(8-12)9-15(11-21)18(22)20(17)10-13-4-2-3-5-16(13)19/h2-9,21H,10-11H2,1H3. The van der Waals surface area contributed by atoms with Crippen LogP contribution < -0.4 is 5.56 Å². The maximum atomic E-state index is 12.6. The molecule has 0 saturated heterocycles. The molecule has 2 aromatic carbocycles. The Labute approximate surface area is 133 Å². The molecule has 0 atom stereocenters. The molecule has 0 fully saturated rings. The van der Waals surface area contributed by atoms with Gasteiger partial charge in [0.1, 0.15) is 0 Å². The summed E-state index contributed by atoms with van der Waals surface area (Å²) in [6, 6.07) is 15.2. The first-order valence-corrected chi connectivity index (χ1v) is 7.45. The van der Waals surface area contributed by atoms with Crippen LogP contribution in [-0.4, -0.2) is 9.67 Å². The summed E-state index contributed by atoms with van der Waals surface area (Å²) in [5.74, 6) is 0. The molecule has 0 radical (unpaired) electrons. The summed E-state index contributed by atoms with van der Waals surface area (Å²) in [5, 5.41) is 11.0. The third-order valence-corrected chi connectivity index (χ3v) is 4.15. The Morgan fingerprint density at radius 2 is 1.86 bits per heavy atom. The highest BCUT2D eigenvalue weighted by atomic mass is 35.5. The van der Waals surface area contributed by atoms with Crippen molar-refractivity contribution in [1.29, 1.82) is 0 Å². The van der Waals surface area contributed by atoms with Crippen LogP contribution in [0, 0.1) is 6.92 Å². The molecule has 112 valence electrons. The molecule has 3 aromatic rings. The van der Waals surface area contributed by atoms with Gasteiger partial charge in [-0.2, -0.15) is 0 Å². The minimum Gasteiger partial charge on any atom is -0.391 e. The Morgan fingerprint density at radius 1 is 1.09 bits per heavy atom. The number of hydrogen-bond donors (Lipinski definition) is 1. The van der Waals surface area contributed by atoms with Gasteiger partial charge in [-0.05, 0) is 42.1 Å². The van der Waals surface area contributed by atoms with Crippen LogP contribution in [0.1, 0.15) is 16.7 Å². The molecule has 0 unspecified atom stereocenters. The molecular weight excluding hydrogens is 298 g/mol. The summed E-state index contributed by atoms with van der Waals surface area (Å²) in [6.07, 6.45) is 0. The van der Waals surface area contributed by atoms with E-state index in [0.29, 0.717) is 17.1 Å². The van der Waals surface area contributed by atoms with Crippen LogP contribution in [-0.2, 0) is 13.2 Å². The number of aliphatic hydroxyl groups is 1. The van der Waals surface area contributed by atoms with Crippen LogP contribution in [0.5, 0.6) is 0 Å². The van der Waals surface area contributed by atoms with Crippen LogP contribution in [0.25, 0.3) is 10.9 Å². The van der Waals surface area contributed by atoms with Gasteiger partial charge in [0.2, 0.25) is 0 Å². The largest absolute Gasteiger partial charge is 0.391 e. The van der Waals surface area contributed by atoms with Crippen LogP contribution in [0.2, 0.25) is 5.02 Å². The lowest BCUT2D eigenvalue weighted by Gasteiger charge is -2.14. The second-order valence-corrected chi connectivity index (χ2v) is 5.78. The van der Waals surface area contributed by atoms with Gasteiger partial charge in [-0.1, -0.05) is 41.4 Å². The van der Waals surface area contributed by atoms with E-state index in [0.717, 1.165) is 22.0 Å². The molecule has 0 bridgehead atoms. The van der Waals surface area contributed by atoms with Crippen molar-refractivity contribution in [2.45, 2.75) is 20.1 Å². The van der Waals surface area contributed by atoms with Crippen molar-refractivity contribution >= 4 is 22.5 Å². The van der Waals surface area contributed by atoms with Crippen molar-refractivity contribution in [2.75, 3.05) is 0 Å². The molecule has 0 spiro atoms. The molecule has 0 amide bonds. The van der Waals surface area contributed by atoms with Crippen molar-refractivity contribution in [3.05, 3.63) is 80.6 Å². The molecule has 1 heterocycles. The average Bonchev–Trinajstić information content (AvgIpc) is 2.51. The third kappa shape index (κ3) is 2.65. The highest BCUT2D eigenvalue weighted by molar-refractivity contribution is 6.31. The van der Waals surface area contributed by atoms with E-state index in [1.807, 2.05) is 49.4 Å². The number of nitrogens with zero attached hydrogens (tertiary/aromatic N) is 1. The van der Waals surface area contributed by atoms with Gasteiger partial charge in [0.25, 0.3) is 5.56 Å². The zero-order valence-electron chi connectivity index (χ0n) is 12.2. The first-order valence-electron chi connectivity index (χ1n) is 7.07. The van der Waals surface area contributed by atoms with E-state index in [2.05, 4.69) is 0 Å². The summed E-state index contributed by atoms with van der Waals surface area (Å²) in [7, 11) is 0. The molecule has 0 saturated carbocycles. The smallest absolute Gasteiger partial charge is 0.256 e. The van der Waals surface area contributed by atoms with Crippen LogP contribution >= 0.6 is 11.6 Å². The summed E-state index contributed by atoms with van der Waals surface area (Å²) in [4.78, 5) is 12.6. The van der Waals surface area contributed by atoms with E-state index in [-0.39, 0.29) is 12.2 Å². The maximum Gasteiger partial charge on any atom is 0.256 e. The van der Waals surface area contributed by atoms with Crippen molar-refractivity contribution in [2.24, 2.45) is 0 Å². The van der Waals surface area contributed by atoms with Crippen LogP contribution in [0.15, 0.2) is 53.3 Å². The van der Waals surface area contributed by atoms with Gasteiger partial charge in [-0.3, -0.25) is 4.79 Å². The molecule has 3 nitrogen and oxygen atoms in total. The molecule has 0 aliphatic carbocycles. The van der Waals surface area contributed by atoms with Crippen molar-refractivity contribution < 1.29 is 5.11 Å². The molecular formula is C18H16ClNO2. The van der Waals surface area contributed by atoms with E-state index in [1.54, 1.807) is 10.6 Å². The lowest BCUT2D eigenvalue weighted by molar-refractivity contribution is 0.279. The fourth-order valence-electron chi connectivity index (χ4n) is 2.63. The van der Waals surface area contributed by atoms with Gasteiger partial charge in [-0.25, -0.2) is 0 Å². The monoisotopic (exact) mass is 313 g/mol. The number of halogens is 1. The zero-order chi connectivity index (χ0) is 15.7. The fourth-order valence-corrected chi connectivity index (χ4v) is 2.83. The Hall–Kier alpha value is -2.10. The number of benzene rings is 2. The first kappa shape index (κ1) is 14.8. The SMILES string of the molecule is Cc1ccc2c(c1)cc(CO)c(=O)n2Cc1ccccc1Cl. The summed E-state index contributed by atoms with van der Waals surface area (Å²) < 4.78 is 1.67. The maximum absolute atomic E-state index is 12.6. The van der Waals surface area contributed by atoms with Gasteiger partial charge >= 0.3 is 0 Å². The van der Waals surface area contributed by atoms with E-state index in [9.17, 15) is 9.90 Å². The third-order valence-electron chi connectivity index (χ3n) is 3.78. The second kappa shape index (κ2) is 5.95. The summed E-state index contributed by atoms with van der Waals surface area (Å²) in [5.41, 5.74) is 3.04. The molecule has 1 aromatic heterocycles. The van der Waals surface area contributed by atoms with Crippen molar-refractivity contribution in [3.63, 3.8) is 0 Å². The molecule has 0 aliphatic heterocycles. The summed E-state index contributed by atoms with van der Waals surface area (Å²) in [6.45, 7) is 2.11. The van der Waals surface area contributed by atoms with E-state index < -0.39 is 0 Å². The minimum absolute atomic E-state index is 0.182. The highest BCUT2D eigenvalue weighted by Crippen LogP contribution is 2.20.